The minimum Gasteiger partial charge on any atom is -0.495 e. The maximum absolute atomic E-state index is 14.7. The number of carboxylic acids is 1. The summed E-state index contributed by atoms with van der Waals surface area (Å²) in [4.78, 5) is 35.8. The van der Waals surface area contributed by atoms with E-state index >= 15 is 0 Å². The number of amides is 1. The molecule has 232 valence electrons. The number of rotatable bonds is 17. The molecule has 3 heterocycles. The molecule has 12 heteroatoms. The summed E-state index contributed by atoms with van der Waals surface area (Å²) in [7, 11) is 2.78. The molecule has 3 N–H and O–H groups in total. The molecule has 0 aromatic carbocycles. The SMILES string of the molecule is COc1cncc(F)c1C(C)(C)C(=O)N[C@@H](CCN(CCCCc1ccc2c(n1)NCCC2)C[C@@H](CF)OC)C(=O)O. The van der Waals surface area contributed by atoms with Crippen molar-refractivity contribution in [2.45, 2.75) is 69.9 Å². The Morgan fingerprint density at radius 2 is 2.00 bits per heavy atom. The first-order valence-electron chi connectivity index (χ1n) is 14.4. The van der Waals surface area contributed by atoms with E-state index in [2.05, 4.69) is 27.8 Å². The van der Waals surface area contributed by atoms with Crippen LogP contribution in [-0.4, -0.2) is 91.1 Å². The van der Waals surface area contributed by atoms with E-state index in [0.29, 0.717) is 6.54 Å². The summed E-state index contributed by atoms with van der Waals surface area (Å²) < 4.78 is 38.6. The molecule has 1 amide bonds. The summed E-state index contributed by atoms with van der Waals surface area (Å²) in [5, 5.41) is 15.8. The number of nitrogens with zero attached hydrogens (tertiary/aromatic N) is 3. The first-order chi connectivity index (χ1) is 20.1. The largest absolute Gasteiger partial charge is 0.495 e. The fourth-order valence-electron chi connectivity index (χ4n) is 5.12. The van der Waals surface area contributed by atoms with E-state index in [9.17, 15) is 23.5 Å². The Labute approximate surface area is 246 Å². The van der Waals surface area contributed by atoms with Crippen molar-refractivity contribution in [3.8, 4) is 5.75 Å². The minimum absolute atomic E-state index is 0.0154. The van der Waals surface area contributed by atoms with E-state index in [-0.39, 0.29) is 30.8 Å². The fraction of sp³-hybridized carbons (Fsp3) is 0.600. The van der Waals surface area contributed by atoms with Gasteiger partial charge in [0, 0.05) is 38.0 Å². The standard InChI is InChI=1S/C30H43F2N5O5/c1-30(2,26-23(32)17-33-18-25(26)42-4)29(40)36-24(28(38)39)12-15-37(19-22(16-31)41-3)14-6-5-9-21-11-10-20-8-7-13-34-27(20)35-21/h10-11,17-18,22,24H,5-9,12-16,19H2,1-4H3,(H,34,35)(H,36,40)(H,38,39)/t22-,24+/m1/s1. The monoisotopic (exact) mass is 591 g/mol. The molecular weight excluding hydrogens is 548 g/mol. The molecule has 0 saturated heterocycles. The van der Waals surface area contributed by atoms with E-state index in [1.165, 1.54) is 39.8 Å². The van der Waals surface area contributed by atoms with Crippen LogP contribution in [-0.2, 0) is 32.6 Å². The Morgan fingerprint density at radius 1 is 1.21 bits per heavy atom. The number of methoxy groups -OCH3 is 2. The number of carboxylic acid groups (broad SMARTS) is 1. The molecule has 0 radical (unpaired) electrons. The molecule has 10 nitrogen and oxygen atoms in total. The van der Waals surface area contributed by atoms with Crippen molar-refractivity contribution in [3.05, 3.63) is 47.2 Å². The van der Waals surface area contributed by atoms with Gasteiger partial charge in [-0.25, -0.2) is 18.6 Å². The van der Waals surface area contributed by atoms with Gasteiger partial charge < -0.3 is 30.1 Å². The lowest BCUT2D eigenvalue weighted by Crippen LogP contribution is -2.50. The highest BCUT2D eigenvalue weighted by Crippen LogP contribution is 2.33. The average Bonchev–Trinajstić information content (AvgIpc) is 2.98. The molecule has 0 saturated carbocycles. The second-order valence-electron chi connectivity index (χ2n) is 11.1. The van der Waals surface area contributed by atoms with Crippen molar-refractivity contribution in [3.63, 3.8) is 0 Å². The van der Waals surface area contributed by atoms with Crippen LogP contribution in [0.5, 0.6) is 5.75 Å². The highest BCUT2D eigenvalue weighted by atomic mass is 19.1. The maximum atomic E-state index is 14.7. The highest BCUT2D eigenvalue weighted by molar-refractivity contribution is 5.91. The third kappa shape index (κ3) is 8.81. The molecule has 42 heavy (non-hydrogen) atoms. The van der Waals surface area contributed by atoms with Crippen LogP contribution in [0.3, 0.4) is 0 Å². The molecule has 1 aliphatic rings. The number of aliphatic carboxylic acids is 1. The molecule has 0 fully saturated rings. The van der Waals surface area contributed by atoms with Gasteiger partial charge in [0.1, 0.15) is 30.1 Å². The Bertz CT molecular complexity index is 1190. The molecule has 2 atom stereocenters. The summed E-state index contributed by atoms with van der Waals surface area (Å²) in [6.45, 7) is 4.39. The number of carbonyl (C=O) groups is 2. The number of ether oxygens (including phenoxy) is 2. The van der Waals surface area contributed by atoms with E-state index in [1.54, 1.807) is 0 Å². The number of unbranched alkanes of at least 4 members (excludes halogenated alkanes) is 1. The molecule has 2 aromatic heterocycles. The molecule has 2 aromatic rings. The summed E-state index contributed by atoms with van der Waals surface area (Å²) in [6, 6.07) is 2.94. The molecule has 0 spiro atoms. The van der Waals surface area contributed by atoms with Crippen molar-refractivity contribution in [1.29, 1.82) is 0 Å². The number of fused-ring (bicyclic) bond motifs is 1. The van der Waals surface area contributed by atoms with Gasteiger partial charge in [-0.2, -0.15) is 0 Å². The van der Waals surface area contributed by atoms with Gasteiger partial charge in [0.25, 0.3) is 0 Å². The van der Waals surface area contributed by atoms with Gasteiger partial charge in [0.05, 0.1) is 31.0 Å². The number of anilines is 1. The number of hydrogen-bond acceptors (Lipinski definition) is 8. The number of nitrogens with one attached hydrogen (secondary N) is 2. The Kier molecular flexibility index (Phi) is 12.4. The predicted octanol–water partition coefficient (Wildman–Crippen LogP) is 3.53. The molecule has 0 unspecified atom stereocenters. The van der Waals surface area contributed by atoms with Crippen molar-refractivity contribution in [2.24, 2.45) is 0 Å². The topological polar surface area (TPSA) is 126 Å². The molecular formula is C30H43F2N5O5. The lowest BCUT2D eigenvalue weighted by molar-refractivity contribution is -0.143. The Hall–Kier alpha value is -3.38. The normalized spacial score (nSPS) is 14.5. The zero-order valence-corrected chi connectivity index (χ0v) is 24.9. The second-order valence-corrected chi connectivity index (χ2v) is 11.1. The van der Waals surface area contributed by atoms with Crippen molar-refractivity contribution in [1.82, 2.24) is 20.2 Å². The van der Waals surface area contributed by atoms with Gasteiger partial charge in [-0.3, -0.25) is 9.78 Å². The first-order valence-corrected chi connectivity index (χ1v) is 14.4. The van der Waals surface area contributed by atoms with Crippen LogP contribution in [0.4, 0.5) is 14.6 Å². The summed E-state index contributed by atoms with van der Waals surface area (Å²) in [5.74, 6) is -1.57. The van der Waals surface area contributed by atoms with Crippen molar-refractivity contribution >= 4 is 17.7 Å². The molecule has 0 bridgehead atoms. The van der Waals surface area contributed by atoms with Gasteiger partial charge in [-0.1, -0.05) is 6.07 Å². The second kappa shape index (κ2) is 15.7. The number of carbonyl (C=O) groups excluding carboxylic acids is 1. The average molecular weight is 592 g/mol. The number of aryl methyl sites for hydroxylation is 2. The highest BCUT2D eigenvalue weighted by Gasteiger charge is 2.38. The van der Waals surface area contributed by atoms with Crippen LogP contribution in [0, 0.1) is 5.82 Å². The van der Waals surface area contributed by atoms with Gasteiger partial charge >= 0.3 is 5.97 Å². The van der Waals surface area contributed by atoms with E-state index in [1.807, 2.05) is 4.90 Å². The van der Waals surface area contributed by atoms with E-state index in [4.69, 9.17) is 14.5 Å². The predicted molar refractivity (Wildman–Crippen MR) is 155 cm³/mol. The summed E-state index contributed by atoms with van der Waals surface area (Å²) in [5.41, 5.74) is 0.785. The van der Waals surface area contributed by atoms with E-state index < -0.39 is 41.9 Å². The molecule has 1 aliphatic heterocycles. The number of pyridine rings is 2. The third-order valence-corrected chi connectivity index (χ3v) is 7.69. The third-order valence-electron chi connectivity index (χ3n) is 7.69. The van der Waals surface area contributed by atoms with Crippen LogP contribution in [0.1, 0.15) is 56.4 Å². The van der Waals surface area contributed by atoms with Crippen LogP contribution >= 0.6 is 0 Å². The quantitative estimate of drug-likeness (QED) is 0.237. The zero-order valence-electron chi connectivity index (χ0n) is 24.9. The van der Waals surface area contributed by atoms with Crippen LogP contribution in [0.15, 0.2) is 24.5 Å². The minimum atomic E-state index is -1.44. The van der Waals surface area contributed by atoms with Crippen molar-refractivity contribution in [2.75, 3.05) is 52.4 Å². The number of hydrogen-bond donors (Lipinski definition) is 3. The lowest BCUT2D eigenvalue weighted by atomic mass is 9.83. The number of aromatic nitrogens is 2. The van der Waals surface area contributed by atoms with Crippen LogP contribution in [0.2, 0.25) is 0 Å². The first kappa shape index (κ1) is 33.1. The Morgan fingerprint density at radius 3 is 2.69 bits per heavy atom. The van der Waals surface area contributed by atoms with E-state index in [0.717, 1.165) is 56.4 Å². The lowest BCUT2D eigenvalue weighted by Gasteiger charge is -2.30. The molecule has 3 rings (SSSR count). The molecule has 0 aliphatic carbocycles. The maximum Gasteiger partial charge on any atom is 0.326 e. The van der Waals surface area contributed by atoms with Crippen LogP contribution in [0.25, 0.3) is 0 Å². The number of alkyl halides is 1. The number of halogens is 2. The smallest absolute Gasteiger partial charge is 0.326 e. The van der Waals surface area contributed by atoms with Gasteiger partial charge in [-0.15, -0.1) is 0 Å². The summed E-state index contributed by atoms with van der Waals surface area (Å²) in [6.07, 6.45) is 6.25. The summed E-state index contributed by atoms with van der Waals surface area (Å²) >= 11 is 0. The fourth-order valence-corrected chi connectivity index (χ4v) is 5.12. The van der Waals surface area contributed by atoms with Gasteiger partial charge in [0.2, 0.25) is 5.91 Å². The van der Waals surface area contributed by atoms with Crippen molar-refractivity contribution < 1.29 is 33.0 Å². The zero-order chi connectivity index (χ0) is 30.7. The van der Waals surface area contributed by atoms with Gasteiger partial charge in [-0.05, 0) is 70.5 Å². The van der Waals surface area contributed by atoms with Gasteiger partial charge in [0.15, 0.2) is 0 Å². The van der Waals surface area contributed by atoms with Crippen LogP contribution < -0.4 is 15.4 Å². The Balaban J connectivity index is 1.61.